The molecule has 0 spiro atoms. The van der Waals surface area contributed by atoms with Gasteiger partial charge in [0.1, 0.15) is 6.10 Å². The number of benzene rings is 3. The number of azo groups is 1. The van der Waals surface area contributed by atoms with E-state index in [-0.39, 0.29) is 47.8 Å². The Morgan fingerprint density at radius 1 is 0.600 bits per heavy atom. The van der Waals surface area contributed by atoms with Crippen molar-refractivity contribution in [3.63, 3.8) is 0 Å². The zero-order valence-electron chi connectivity index (χ0n) is 32.2. The Morgan fingerprint density at radius 3 is 1.77 bits per heavy atom. The summed E-state index contributed by atoms with van der Waals surface area (Å²) in [4.78, 5) is 5.88. The summed E-state index contributed by atoms with van der Waals surface area (Å²) in [7, 11) is 1.62. The first-order chi connectivity index (χ1) is 28.9. The molecule has 3 heterocycles. The van der Waals surface area contributed by atoms with Gasteiger partial charge in [-0.05, 0) is 0 Å². The minimum absolute atomic E-state index is 0.168. The number of hydrogen-bond acceptors (Lipinski definition) is 19. The number of aliphatic hydroxyl groups is 9. The molecule has 3 aromatic rings. The fourth-order valence-electron chi connectivity index (χ4n) is 6.50. The van der Waals surface area contributed by atoms with E-state index in [1.54, 1.807) is 31.3 Å². The van der Waals surface area contributed by atoms with Crippen LogP contribution in [0.2, 0.25) is 5.82 Å². The van der Waals surface area contributed by atoms with Crippen molar-refractivity contribution in [2.24, 2.45) is 10.2 Å². The predicted molar refractivity (Wildman–Crippen MR) is 214 cm³/mol. The van der Waals surface area contributed by atoms with Gasteiger partial charge in [0.25, 0.3) is 0 Å². The van der Waals surface area contributed by atoms with Crippen LogP contribution in [0, 0.1) is 0 Å². The van der Waals surface area contributed by atoms with Gasteiger partial charge in [0, 0.05) is 0 Å². The average molecular weight is 1040 g/mol. The van der Waals surface area contributed by atoms with E-state index in [0.29, 0.717) is 11.4 Å². The summed E-state index contributed by atoms with van der Waals surface area (Å²) in [5, 5.41) is 104. The summed E-state index contributed by atoms with van der Waals surface area (Å²) in [6, 6.07) is 22.6. The number of ether oxygens (including phenoxy) is 6. The summed E-state index contributed by atoms with van der Waals surface area (Å²) in [5.41, 5.74) is 4.04. The molecule has 3 saturated heterocycles. The van der Waals surface area contributed by atoms with Gasteiger partial charge in [-0.15, -0.1) is 0 Å². The summed E-state index contributed by atoms with van der Waals surface area (Å²) in [5.74, 6) is 2.49. The van der Waals surface area contributed by atoms with E-state index in [1.165, 1.54) is 4.46 Å². The van der Waals surface area contributed by atoms with Crippen molar-refractivity contribution in [1.82, 2.24) is 0 Å². The van der Waals surface area contributed by atoms with E-state index in [2.05, 4.69) is 21.5 Å². The number of rotatable bonds is 17. The third kappa shape index (κ3) is 11.7. The molecule has 330 valence electrons. The molecule has 0 saturated carbocycles. The molecule has 3 aromatic carbocycles. The predicted octanol–water partition coefficient (Wildman–Crippen LogP) is -4.07. The van der Waals surface area contributed by atoms with E-state index in [0.717, 1.165) is 14.6 Å². The third-order valence-corrected chi connectivity index (χ3v) is 18.6. The first kappa shape index (κ1) is 47.3. The van der Waals surface area contributed by atoms with Crippen molar-refractivity contribution >= 4 is 66.0 Å². The SMILES string of the molecule is CN=Nc1ccc([Se][Se]c2ccc(NOC3C(OC4C(COc5ccc([Se]C)cc5)OC(OC5C(CO)OC(O)C(O)C5O)C(O)C4O)OC(CO)C(O)C3O)cc2)cc1. The Hall–Kier alpha value is -2.18. The molecule has 10 N–H and O–H groups in total. The van der Waals surface area contributed by atoms with Crippen LogP contribution in [0.5, 0.6) is 5.75 Å². The molecule has 3 aliphatic heterocycles. The molecule has 60 heavy (non-hydrogen) atoms. The second kappa shape index (κ2) is 22.4. The van der Waals surface area contributed by atoms with Crippen LogP contribution in [0.4, 0.5) is 11.4 Å². The molecular weight excluding hydrogens is 991 g/mol. The van der Waals surface area contributed by atoms with Gasteiger partial charge in [-0.25, -0.2) is 0 Å². The van der Waals surface area contributed by atoms with E-state index >= 15 is 0 Å². The van der Waals surface area contributed by atoms with Gasteiger partial charge in [0.05, 0.1) is 6.61 Å². The molecule has 22 heteroatoms. The molecule has 19 nitrogen and oxygen atoms in total. The molecule has 3 fully saturated rings. The maximum absolute atomic E-state index is 11.6. The van der Waals surface area contributed by atoms with Gasteiger partial charge in [0.2, 0.25) is 0 Å². The maximum atomic E-state index is 11.6. The number of anilines is 1. The zero-order valence-corrected chi connectivity index (χ0v) is 37.4. The fourth-order valence-corrected chi connectivity index (χ4v) is 13.3. The van der Waals surface area contributed by atoms with Crippen LogP contribution in [0.3, 0.4) is 0 Å². The molecular formula is C38H49N3O16Se3. The Bertz CT molecular complexity index is 1790. The van der Waals surface area contributed by atoms with E-state index in [9.17, 15) is 46.0 Å². The normalized spacial score (nSPS) is 34.8. The quantitative estimate of drug-likeness (QED) is 0.0350. The molecule has 0 bridgehead atoms. The van der Waals surface area contributed by atoms with Crippen molar-refractivity contribution in [3.05, 3.63) is 72.8 Å². The monoisotopic (exact) mass is 1040 g/mol. The van der Waals surface area contributed by atoms with Crippen molar-refractivity contribution in [3.8, 4) is 5.75 Å². The van der Waals surface area contributed by atoms with Crippen molar-refractivity contribution in [1.29, 1.82) is 0 Å². The van der Waals surface area contributed by atoms with Crippen LogP contribution in [-0.4, -0.2) is 206 Å². The average Bonchev–Trinajstić information content (AvgIpc) is 3.26. The van der Waals surface area contributed by atoms with Crippen molar-refractivity contribution in [2.45, 2.75) is 97.9 Å². The standard InChI is InChI=1S/C38H49N3O16Se3/c1-39-40-18-3-9-22(10-4-18)59-60-23-11-5-19(6-12-23)41-57-35-28(45)27(44)24(15-42)53-38(35)56-34-26(17-51-20-7-13-21(58-2)14-8-20)54-37(32(49)30(34)47)55-33-25(16-43)52-36(50)31(48)29(33)46/h3-14,24-38,41-50H,15-17H2,1-2H3. The number of nitrogens with zero attached hydrogens (tertiary/aromatic N) is 2. The Morgan fingerprint density at radius 2 is 1.15 bits per heavy atom. The van der Waals surface area contributed by atoms with Crippen molar-refractivity contribution in [2.75, 3.05) is 32.3 Å². The first-order valence-corrected chi connectivity index (χ1v) is 27.3. The molecule has 0 aliphatic carbocycles. The third-order valence-electron chi connectivity index (χ3n) is 9.81. The molecule has 0 radical (unpaired) electrons. The second-order valence-electron chi connectivity index (χ2n) is 13.8. The number of hydrogen-bond donors (Lipinski definition) is 10. The van der Waals surface area contributed by atoms with E-state index in [4.69, 9.17) is 33.3 Å². The zero-order chi connectivity index (χ0) is 42.9. The van der Waals surface area contributed by atoms with Gasteiger partial charge in [-0.3, -0.25) is 0 Å². The molecule has 15 atom stereocenters. The topological polar surface area (TPSA) is 283 Å². The Balaban J connectivity index is 1.17. The van der Waals surface area contributed by atoms with Gasteiger partial charge < -0.3 is 25.2 Å². The molecule has 6 rings (SSSR count). The Labute approximate surface area is 362 Å². The summed E-state index contributed by atoms with van der Waals surface area (Å²) in [6.07, 6.45) is -24.4. The van der Waals surface area contributed by atoms with Crippen LogP contribution in [0.15, 0.2) is 83.0 Å². The summed E-state index contributed by atoms with van der Waals surface area (Å²) in [6.45, 7) is -1.80. The van der Waals surface area contributed by atoms with Crippen LogP contribution in [-0.2, 0) is 28.5 Å². The molecule has 15 unspecified atom stereocenters. The van der Waals surface area contributed by atoms with Crippen LogP contribution >= 0.6 is 0 Å². The number of aliphatic hydroxyl groups excluding tert-OH is 9. The Kier molecular flexibility index (Phi) is 17.7. The summed E-state index contributed by atoms with van der Waals surface area (Å²) < 4.78 is 38.6. The van der Waals surface area contributed by atoms with Crippen LogP contribution in [0.1, 0.15) is 0 Å². The fraction of sp³-hybridized carbons (Fsp3) is 0.526. The minimum atomic E-state index is -1.91. The molecule has 0 aromatic heterocycles. The first-order valence-electron chi connectivity index (χ1n) is 18.7. The van der Waals surface area contributed by atoms with E-state index in [1.807, 2.05) is 48.5 Å². The molecule has 3 aliphatic rings. The number of nitrogens with one attached hydrogen (secondary N) is 1. The van der Waals surface area contributed by atoms with Gasteiger partial charge in [-0.2, -0.15) is 0 Å². The van der Waals surface area contributed by atoms with Crippen LogP contribution < -0.4 is 23.6 Å². The van der Waals surface area contributed by atoms with Gasteiger partial charge in [-0.1, -0.05) is 0 Å². The second-order valence-corrected chi connectivity index (χ2v) is 22.0. The van der Waals surface area contributed by atoms with E-state index < -0.39 is 105 Å². The van der Waals surface area contributed by atoms with Crippen LogP contribution in [0.25, 0.3) is 0 Å². The van der Waals surface area contributed by atoms with Gasteiger partial charge in [0.15, 0.2) is 6.29 Å². The molecule has 0 amide bonds. The summed E-state index contributed by atoms with van der Waals surface area (Å²) >= 11 is 0.614. The van der Waals surface area contributed by atoms with Crippen molar-refractivity contribution < 1.29 is 79.2 Å². The van der Waals surface area contributed by atoms with Gasteiger partial charge >= 0.3 is 320 Å².